The first-order valence-electron chi connectivity index (χ1n) is 6.02. The number of aryl methyl sites for hydroxylation is 1. The summed E-state index contributed by atoms with van der Waals surface area (Å²) in [5, 5.41) is 4.24. The van der Waals surface area contributed by atoms with Gasteiger partial charge in [-0.25, -0.2) is 0 Å². The van der Waals surface area contributed by atoms with Gasteiger partial charge < -0.3 is 5.73 Å². The Morgan fingerprint density at radius 3 is 2.88 bits per heavy atom. The highest BCUT2D eigenvalue weighted by molar-refractivity contribution is 9.10. The molecule has 1 aromatic heterocycles. The molecule has 1 heterocycles. The Hall–Kier alpha value is -0.350. The Bertz CT molecular complexity index is 342. The smallest absolute Gasteiger partial charge is 0.0692 e. The molecular weight excluding hydrogens is 266 g/mol. The lowest BCUT2D eigenvalue weighted by Gasteiger charge is -2.31. The number of nitrogens with two attached hydrogens (primary N) is 1. The maximum absolute atomic E-state index is 6.39. The van der Waals surface area contributed by atoms with Crippen LogP contribution in [-0.4, -0.2) is 9.78 Å². The lowest BCUT2D eigenvalue weighted by atomic mass is 9.78. The maximum Gasteiger partial charge on any atom is 0.0692 e. The van der Waals surface area contributed by atoms with E-state index in [4.69, 9.17) is 5.73 Å². The zero-order valence-corrected chi connectivity index (χ0v) is 11.6. The zero-order valence-electron chi connectivity index (χ0n) is 9.99. The Balaban J connectivity index is 2.15. The molecule has 2 N–H and O–H groups in total. The SMILES string of the molecule is CC1CCCC(C(N)c2c(Br)cnn2C)C1. The molecule has 1 aliphatic carbocycles. The third-order valence-corrected chi connectivity index (χ3v) is 4.35. The Morgan fingerprint density at radius 2 is 2.31 bits per heavy atom. The van der Waals surface area contributed by atoms with Crippen molar-refractivity contribution >= 4 is 15.9 Å². The van der Waals surface area contributed by atoms with Crippen molar-refractivity contribution in [3.05, 3.63) is 16.4 Å². The minimum absolute atomic E-state index is 0.115. The highest BCUT2D eigenvalue weighted by atomic mass is 79.9. The third kappa shape index (κ3) is 2.33. The zero-order chi connectivity index (χ0) is 11.7. The van der Waals surface area contributed by atoms with Gasteiger partial charge in [-0.05, 0) is 40.6 Å². The van der Waals surface area contributed by atoms with Crippen LogP contribution >= 0.6 is 15.9 Å². The maximum atomic E-state index is 6.39. The van der Waals surface area contributed by atoms with Gasteiger partial charge in [-0.1, -0.05) is 19.8 Å². The highest BCUT2D eigenvalue weighted by Crippen LogP contribution is 2.37. The van der Waals surface area contributed by atoms with E-state index in [0.717, 1.165) is 16.1 Å². The second kappa shape index (κ2) is 4.88. The van der Waals surface area contributed by atoms with Crippen LogP contribution in [-0.2, 0) is 7.05 Å². The van der Waals surface area contributed by atoms with Crippen LogP contribution < -0.4 is 5.73 Å². The van der Waals surface area contributed by atoms with Crippen LogP contribution in [0.4, 0.5) is 0 Å². The molecule has 1 aliphatic rings. The van der Waals surface area contributed by atoms with Crippen molar-refractivity contribution in [3.8, 4) is 0 Å². The van der Waals surface area contributed by atoms with E-state index in [1.54, 1.807) is 0 Å². The minimum Gasteiger partial charge on any atom is -0.322 e. The number of halogens is 1. The average molecular weight is 286 g/mol. The summed E-state index contributed by atoms with van der Waals surface area (Å²) in [6.07, 6.45) is 7.01. The van der Waals surface area contributed by atoms with Crippen LogP contribution in [0.5, 0.6) is 0 Å². The lowest BCUT2D eigenvalue weighted by molar-refractivity contribution is 0.242. The summed E-state index contributed by atoms with van der Waals surface area (Å²) in [6.45, 7) is 2.33. The van der Waals surface area contributed by atoms with Crippen LogP contribution in [0.25, 0.3) is 0 Å². The van der Waals surface area contributed by atoms with Crippen molar-refractivity contribution < 1.29 is 0 Å². The minimum atomic E-state index is 0.115. The Morgan fingerprint density at radius 1 is 1.56 bits per heavy atom. The van der Waals surface area contributed by atoms with Gasteiger partial charge in [0.05, 0.1) is 22.4 Å². The monoisotopic (exact) mass is 285 g/mol. The number of hydrogen-bond donors (Lipinski definition) is 1. The van der Waals surface area contributed by atoms with E-state index in [-0.39, 0.29) is 6.04 Å². The summed E-state index contributed by atoms with van der Waals surface area (Å²) in [5.74, 6) is 1.42. The summed E-state index contributed by atoms with van der Waals surface area (Å²) in [6, 6.07) is 0.115. The van der Waals surface area contributed by atoms with Gasteiger partial charge in [0.15, 0.2) is 0 Å². The largest absolute Gasteiger partial charge is 0.322 e. The predicted molar refractivity (Wildman–Crippen MR) is 69.0 cm³/mol. The summed E-state index contributed by atoms with van der Waals surface area (Å²) < 4.78 is 2.94. The van der Waals surface area contributed by atoms with Gasteiger partial charge in [0.2, 0.25) is 0 Å². The van der Waals surface area contributed by atoms with E-state index in [0.29, 0.717) is 5.92 Å². The van der Waals surface area contributed by atoms with E-state index >= 15 is 0 Å². The second-order valence-corrected chi connectivity index (χ2v) is 5.91. The topological polar surface area (TPSA) is 43.8 Å². The molecule has 0 spiro atoms. The summed E-state index contributed by atoms with van der Waals surface area (Å²) >= 11 is 3.54. The van der Waals surface area contributed by atoms with Gasteiger partial charge in [-0.15, -0.1) is 0 Å². The highest BCUT2D eigenvalue weighted by Gasteiger charge is 2.28. The van der Waals surface area contributed by atoms with Crippen molar-refractivity contribution in [2.75, 3.05) is 0 Å². The van der Waals surface area contributed by atoms with Crippen molar-refractivity contribution in [2.24, 2.45) is 24.6 Å². The molecule has 0 radical (unpaired) electrons. The molecule has 3 unspecified atom stereocenters. The van der Waals surface area contributed by atoms with Gasteiger partial charge in [-0.2, -0.15) is 5.10 Å². The molecule has 0 aromatic carbocycles. The first-order chi connectivity index (χ1) is 7.59. The molecule has 0 amide bonds. The van der Waals surface area contributed by atoms with Crippen molar-refractivity contribution in [1.82, 2.24) is 9.78 Å². The predicted octanol–water partition coefficient (Wildman–Crippen LogP) is 3.01. The molecular formula is C12H20BrN3. The van der Waals surface area contributed by atoms with Gasteiger partial charge >= 0.3 is 0 Å². The van der Waals surface area contributed by atoms with Crippen LogP contribution in [0.1, 0.15) is 44.3 Å². The molecule has 16 heavy (non-hydrogen) atoms. The lowest BCUT2D eigenvalue weighted by Crippen LogP contribution is -2.28. The first-order valence-corrected chi connectivity index (χ1v) is 6.82. The van der Waals surface area contributed by atoms with Crippen LogP contribution in [0.3, 0.4) is 0 Å². The molecule has 1 fully saturated rings. The molecule has 0 bridgehead atoms. The molecule has 4 heteroatoms. The standard InChI is InChI=1S/C12H20BrN3/c1-8-4-3-5-9(6-8)11(14)12-10(13)7-15-16(12)2/h7-9,11H,3-6,14H2,1-2H3. The molecule has 1 saturated carbocycles. The van der Waals surface area contributed by atoms with Gasteiger partial charge in [-0.3, -0.25) is 4.68 Å². The quantitative estimate of drug-likeness (QED) is 0.908. The molecule has 90 valence electrons. The normalized spacial score (nSPS) is 28.0. The van der Waals surface area contributed by atoms with Gasteiger partial charge in [0.1, 0.15) is 0 Å². The second-order valence-electron chi connectivity index (χ2n) is 5.06. The number of aromatic nitrogens is 2. The van der Waals surface area contributed by atoms with Crippen molar-refractivity contribution in [2.45, 2.75) is 38.6 Å². The molecule has 3 nitrogen and oxygen atoms in total. The fraction of sp³-hybridized carbons (Fsp3) is 0.750. The molecule has 0 saturated heterocycles. The van der Waals surface area contributed by atoms with E-state index in [1.165, 1.54) is 25.7 Å². The van der Waals surface area contributed by atoms with E-state index in [9.17, 15) is 0 Å². The fourth-order valence-electron chi connectivity index (χ4n) is 2.83. The van der Waals surface area contributed by atoms with Crippen LogP contribution in [0.2, 0.25) is 0 Å². The van der Waals surface area contributed by atoms with Crippen LogP contribution in [0, 0.1) is 11.8 Å². The number of rotatable bonds is 2. The van der Waals surface area contributed by atoms with Crippen LogP contribution in [0.15, 0.2) is 10.7 Å². The van der Waals surface area contributed by atoms with Crippen molar-refractivity contribution in [3.63, 3.8) is 0 Å². The van der Waals surface area contributed by atoms with E-state index in [2.05, 4.69) is 28.0 Å². The summed E-state index contributed by atoms with van der Waals surface area (Å²) in [5.41, 5.74) is 7.53. The van der Waals surface area contributed by atoms with Gasteiger partial charge in [0, 0.05) is 7.05 Å². The number of nitrogens with zero attached hydrogens (tertiary/aromatic N) is 2. The molecule has 1 aromatic rings. The summed E-state index contributed by atoms with van der Waals surface area (Å²) in [4.78, 5) is 0. The Labute approximate surface area is 106 Å². The first kappa shape index (κ1) is 12.1. The van der Waals surface area contributed by atoms with E-state index < -0.39 is 0 Å². The van der Waals surface area contributed by atoms with Crippen molar-refractivity contribution in [1.29, 1.82) is 0 Å². The fourth-order valence-corrected chi connectivity index (χ4v) is 3.44. The molecule has 0 aliphatic heterocycles. The Kier molecular flexibility index (Phi) is 3.70. The third-order valence-electron chi connectivity index (χ3n) is 3.74. The van der Waals surface area contributed by atoms with Gasteiger partial charge in [0.25, 0.3) is 0 Å². The molecule has 2 rings (SSSR count). The van der Waals surface area contributed by atoms with E-state index in [1.807, 2.05) is 17.9 Å². The summed E-state index contributed by atoms with van der Waals surface area (Å²) in [7, 11) is 1.96. The molecule has 3 atom stereocenters. The number of hydrogen-bond acceptors (Lipinski definition) is 2. The average Bonchev–Trinajstić information content (AvgIpc) is 2.58.